The second-order valence-electron chi connectivity index (χ2n) is 4.06. The molecule has 0 aliphatic carbocycles. The molecule has 0 saturated carbocycles. The van der Waals surface area contributed by atoms with Gasteiger partial charge >= 0.3 is 5.97 Å². The van der Waals surface area contributed by atoms with Crippen LogP contribution in [0.5, 0.6) is 0 Å². The van der Waals surface area contributed by atoms with Crippen LogP contribution < -0.4 is 10.3 Å². The molecule has 2 aromatic heterocycles. The van der Waals surface area contributed by atoms with Crippen LogP contribution in [0, 0.1) is 0 Å². The van der Waals surface area contributed by atoms with E-state index in [-0.39, 0.29) is 16.4 Å². The van der Waals surface area contributed by atoms with E-state index < -0.39 is 21.6 Å². The zero-order valence-corrected chi connectivity index (χ0v) is 11.7. The lowest BCUT2D eigenvalue weighted by atomic mass is 10.4. The lowest BCUT2D eigenvalue weighted by Crippen LogP contribution is -2.16. The monoisotopic (exact) mass is 312 g/mol. The predicted octanol–water partition coefficient (Wildman–Crippen LogP) is 0.0903. The number of rotatable bonds is 5. The number of sulfonamides is 1. The topological polar surface area (TPSA) is 134 Å². The maximum atomic E-state index is 12.1. The van der Waals surface area contributed by atoms with Gasteiger partial charge < -0.3 is 9.67 Å². The highest BCUT2D eigenvalue weighted by molar-refractivity contribution is 7.92. The quantitative estimate of drug-likeness (QED) is 0.716. The van der Waals surface area contributed by atoms with Crippen molar-refractivity contribution in [3.63, 3.8) is 0 Å². The van der Waals surface area contributed by atoms with Crippen molar-refractivity contribution < 1.29 is 18.3 Å². The van der Waals surface area contributed by atoms with Crippen LogP contribution in [0.4, 0.5) is 5.82 Å². The second kappa shape index (κ2) is 5.40. The molecule has 0 bridgehead atoms. The van der Waals surface area contributed by atoms with E-state index in [2.05, 4.69) is 14.9 Å². The molecule has 0 unspecified atom stereocenters. The minimum Gasteiger partial charge on any atom is -0.477 e. The van der Waals surface area contributed by atoms with Crippen molar-refractivity contribution in [1.82, 2.24) is 14.8 Å². The lowest BCUT2D eigenvalue weighted by molar-refractivity contribution is 0.0685. The first-order valence-electron chi connectivity index (χ1n) is 5.85. The Kier molecular flexibility index (Phi) is 3.80. The number of hydrogen-bond acceptors (Lipinski definition) is 5. The zero-order valence-electron chi connectivity index (χ0n) is 10.9. The van der Waals surface area contributed by atoms with E-state index in [1.54, 1.807) is 6.92 Å². The molecule has 2 heterocycles. The number of aromatic amines is 1. The van der Waals surface area contributed by atoms with Gasteiger partial charge in [0.15, 0.2) is 5.82 Å². The molecule has 3 N–H and O–H groups in total. The van der Waals surface area contributed by atoms with Crippen LogP contribution in [0.2, 0.25) is 0 Å². The molecular weight excluding hydrogens is 300 g/mol. The van der Waals surface area contributed by atoms with Gasteiger partial charge in [0.2, 0.25) is 0 Å². The Morgan fingerprint density at radius 3 is 2.67 bits per heavy atom. The number of carbonyl (C=O) groups is 1. The van der Waals surface area contributed by atoms with Crippen molar-refractivity contribution in [3.8, 4) is 0 Å². The number of aryl methyl sites for hydroxylation is 1. The van der Waals surface area contributed by atoms with Crippen molar-refractivity contribution >= 4 is 21.8 Å². The number of nitrogens with zero attached hydrogens (tertiary/aromatic N) is 2. The summed E-state index contributed by atoms with van der Waals surface area (Å²) in [5, 5.41) is 14.6. The summed E-state index contributed by atoms with van der Waals surface area (Å²) in [6, 6.07) is 3.37. The number of hydrogen-bond donors (Lipinski definition) is 3. The summed E-state index contributed by atoms with van der Waals surface area (Å²) in [6.07, 6.45) is 1.22. The first-order chi connectivity index (χ1) is 9.83. The Morgan fingerprint density at radius 2 is 2.19 bits per heavy atom. The molecule has 0 radical (unpaired) electrons. The lowest BCUT2D eigenvalue weighted by Gasteiger charge is -2.04. The van der Waals surface area contributed by atoms with Gasteiger partial charge in [-0.15, -0.1) is 0 Å². The van der Waals surface area contributed by atoms with Crippen molar-refractivity contribution in [3.05, 3.63) is 40.4 Å². The molecular formula is C11H12N4O5S. The van der Waals surface area contributed by atoms with E-state index >= 15 is 0 Å². The first-order valence-corrected chi connectivity index (χ1v) is 7.34. The average Bonchev–Trinajstić information content (AvgIpc) is 2.86. The van der Waals surface area contributed by atoms with Crippen LogP contribution in [-0.2, 0) is 16.6 Å². The van der Waals surface area contributed by atoms with E-state index in [4.69, 9.17) is 5.11 Å². The molecule has 10 heteroatoms. The summed E-state index contributed by atoms with van der Waals surface area (Å²) in [5.41, 5.74) is -0.601. The van der Waals surface area contributed by atoms with E-state index in [1.165, 1.54) is 16.8 Å². The summed E-state index contributed by atoms with van der Waals surface area (Å²) in [4.78, 5) is 21.7. The van der Waals surface area contributed by atoms with Gasteiger partial charge in [-0.1, -0.05) is 0 Å². The van der Waals surface area contributed by atoms with Gasteiger partial charge in [-0.05, 0) is 19.1 Å². The van der Waals surface area contributed by atoms with Gasteiger partial charge in [0.1, 0.15) is 10.6 Å². The highest BCUT2D eigenvalue weighted by atomic mass is 32.2. The third-order valence-electron chi connectivity index (χ3n) is 2.66. The summed E-state index contributed by atoms with van der Waals surface area (Å²) >= 11 is 0. The molecule has 0 spiro atoms. The van der Waals surface area contributed by atoms with Crippen LogP contribution in [0.1, 0.15) is 17.4 Å². The summed E-state index contributed by atoms with van der Waals surface area (Å²) < 4.78 is 27.7. The SMILES string of the molecule is CCn1cc(S(=O)(=O)Nc2ccc(=O)[nH]n2)cc1C(=O)O. The average molecular weight is 312 g/mol. The van der Waals surface area contributed by atoms with Gasteiger partial charge in [-0.2, -0.15) is 5.10 Å². The fraction of sp³-hybridized carbons (Fsp3) is 0.182. The van der Waals surface area contributed by atoms with Crippen molar-refractivity contribution in [2.75, 3.05) is 4.72 Å². The summed E-state index contributed by atoms with van der Waals surface area (Å²) in [5.74, 6) is -1.30. The molecule has 0 fully saturated rings. The Balaban J connectivity index is 2.37. The smallest absolute Gasteiger partial charge is 0.352 e. The van der Waals surface area contributed by atoms with Crippen molar-refractivity contribution in [1.29, 1.82) is 0 Å². The van der Waals surface area contributed by atoms with Crippen LogP contribution in [0.15, 0.2) is 34.1 Å². The van der Waals surface area contributed by atoms with Gasteiger partial charge in [-0.3, -0.25) is 9.52 Å². The molecule has 0 aromatic carbocycles. The summed E-state index contributed by atoms with van der Waals surface area (Å²) in [6.45, 7) is 2.01. The fourth-order valence-corrected chi connectivity index (χ4v) is 2.71. The number of H-pyrrole nitrogens is 1. The predicted molar refractivity (Wildman–Crippen MR) is 72.7 cm³/mol. The van der Waals surface area contributed by atoms with E-state index in [0.717, 1.165) is 12.1 Å². The van der Waals surface area contributed by atoms with Gasteiger partial charge in [0.05, 0.1) is 0 Å². The number of carboxylic acids is 1. The van der Waals surface area contributed by atoms with Crippen LogP contribution in [0.25, 0.3) is 0 Å². The highest BCUT2D eigenvalue weighted by Crippen LogP contribution is 2.17. The molecule has 0 aliphatic heterocycles. The van der Waals surface area contributed by atoms with Crippen LogP contribution in [0.3, 0.4) is 0 Å². The molecule has 0 saturated heterocycles. The third-order valence-corrected chi connectivity index (χ3v) is 3.98. The minimum atomic E-state index is -3.99. The van der Waals surface area contributed by atoms with E-state index in [1.807, 2.05) is 0 Å². The van der Waals surface area contributed by atoms with E-state index in [9.17, 15) is 18.0 Å². The number of aromatic nitrogens is 3. The largest absolute Gasteiger partial charge is 0.477 e. The number of anilines is 1. The van der Waals surface area contributed by atoms with Crippen LogP contribution >= 0.6 is 0 Å². The molecule has 0 amide bonds. The van der Waals surface area contributed by atoms with Gasteiger partial charge in [0.25, 0.3) is 15.6 Å². The Labute approximate surface area is 119 Å². The highest BCUT2D eigenvalue weighted by Gasteiger charge is 2.21. The molecule has 112 valence electrons. The third kappa shape index (κ3) is 3.11. The maximum absolute atomic E-state index is 12.1. The van der Waals surface area contributed by atoms with Crippen molar-refractivity contribution in [2.24, 2.45) is 0 Å². The Morgan fingerprint density at radius 1 is 1.48 bits per heavy atom. The first kappa shape index (κ1) is 14.8. The normalized spacial score (nSPS) is 11.3. The van der Waals surface area contributed by atoms with Gasteiger partial charge in [0, 0.05) is 18.8 Å². The Bertz CT molecular complexity index is 816. The fourth-order valence-electron chi connectivity index (χ4n) is 1.67. The maximum Gasteiger partial charge on any atom is 0.352 e. The van der Waals surface area contributed by atoms with Crippen molar-refractivity contribution in [2.45, 2.75) is 18.4 Å². The molecule has 2 aromatic rings. The number of nitrogens with one attached hydrogen (secondary N) is 2. The van der Waals surface area contributed by atoms with Crippen LogP contribution in [-0.4, -0.2) is 34.3 Å². The molecule has 2 rings (SSSR count). The minimum absolute atomic E-state index is 0.0734. The van der Waals surface area contributed by atoms with Gasteiger partial charge in [-0.25, -0.2) is 18.3 Å². The second-order valence-corrected chi connectivity index (χ2v) is 5.75. The molecule has 9 nitrogen and oxygen atoms in total. The number of aromatic carboxylic acids is 1. The Hall–Kier alpha value is -2.62. The van der Waals surface area contributed by atoms with E-state index in [0.29, 0.717) is 6.54 Å². The molecule has 0 aliphatic rings. The number of carboxylic acid groups (broad SMARTS) is 1. The summed E-state index contributed by atoms with van der Waals surface area (Å²) in [7, 11) is -3.99. The standard InChI is InChI=1S/C11H12N4O5S/c1-2-15-6-7(5-8(15)11(17)18)21(19,20)14-9-3-4-10(16)13-12-9/h3-6H,2H2,1H3,(H,12,14)(H,13,16)(H,17,18). The zero-order chi connectivity index (χ0) is 15.6. The molecule has 0 atom stereocenters. The molecule has 21 heavy (non-hydrogen) atoms.